The molecule has 2 atom stereocenters. The first-order chi connectivity index (χ1) is 11.9. The second-order valence-electron chi connectivity index (χ2n) is 5.91. The molecule has 0 fully saturated rings. The van der Waals surface area contributed by atoms with E-state index in [2.05, 4.69) is 0 Å². The molecule has 0 radical (unpaired) electrons. The molecule has 4 rings (SSSR count). The van der Waals surface area contributed by atoms with Crippen molar-refractivity contribution in [1.82, 2.24) is 0 Å². The average molecular weight is 347 g/mol. The van der Waals surface area contributed by atoms with Gasteiger partial charge in [-0.1, -0.05) is 0 Å². The molecule has 3 aromatic rings. The molecule has 7 heteroatoms. The predicted molar refractivity (Wildman–Crippen MR) is 83.8 cm³/mol. The lowest BCUT2D eigenvalue weighted by atomic mass is 9.92. The van der Waals surface area contributed by atoms with Gasteiger partial charge in [0.25, 0.3) is 0 Å². The van der Waals surface area contributed by atoms with Crippen LogP contribution in [0, 0.1) is 17.5 Å². The van der Waals surface area contributed by atoms with E-state index in [9.17, 15) is 18.0 Å². The zero-order valence-corrected chi connectivity index (χ0v) is 12.8. The summed E-state index contributed by atoms with van der Waals surface area (Å²) in [6.07, 6.45) is -0.765. The third-order valence-corrected chi connectivity index (χ3v) is 4.28. The number of rotatable bonds is 1. The summed E-state index contributed by atoms with van der Waals surface area (Å²) in [5, 5.41) is 0.701. The zero-order valence-electron chi connectivity index (χ0n) is 12.8. The summed E-state index contributed by atoms with van der Waals surface area (Å²) in [6.45, 7) is 0. The van der Waals surface area contributed by atoms with Crippen LogP contribution in [0.1, 0.15) is 17.2 Å². The summed E-state index contributed by atoms with van der Waals surface area (Å²) in [5.74, 6) is -3.03. The summed E-state index contributed by atoms with van der Waals surface area (Å²) in [4.78, 5) is 11.5. The zero-order chi connectivity index (χ0) is 17.7. The Kier molecular flexibility index (Phi) is 3.54. The lowest BCUT2D eigenvalue weighted by Gasteiger charge is -2.32. The van der Waals surface area contributed by atoms with E-state index in [1.807, 2.05) is 0 Å². The second-order valence-corrected chi connectivity index (χ2v) is 5.91. The van der Waals surface area contributed by atoms with Crippen LogP contribution in [0.2, 0.25) is 0 Å². The van der Waals surface area contributed by atoms with Crippen molar-refractivity contribution in [1.29, 1.82) is 0 Å². The third kappa shape index (κ3) is 2.56. The Morgan fingerprint density at radius 3 is 2.52 bits per heavy atom. The first-order valence-electron chi connectivity index (χ1n) is 7.56. The van der Waals surface area contributed by atoms with Crippen LogP contribution in [-0.2, 0) is 6.42 Å². The fourth-order valence-corrected chi connectivity index (χ4v) is 3.09. The first-order valence-corrected chi connectivity index (χ1v) is 7.56. The first kappa shape index (κ1) is 15.7. The Morgan fingerprint density at radius 2 is 1.72 bits per heavy atom. The minimum atomic E-state index is -1.28. The molecule has 2 N–H and O–H groups in total. The maximum absolute atomic E-state index is 14.1. The highest BCUT2D eigenvalue weighted by atomic mass is 19.2. The van der Waals surface area contributed by atoms with E-state index in [1.165, 1.54) is 6.07 Å². The topological polar surface area (TPSA) is 65.5 Å². The van der Waals surface area contributed by atoms with Gasteiger partial charge in [0.2, 0.25) is 0 Å². The van der Waals surface area contributed by atoms with Crippen LogP contribution >= 0.6 is 0 Å². The van der Waals surface area contributed by atoms with Gasteiger partial charge >= 0.3 is 5.63 Å². The number of ether oxygens (including phenoxy) is 1. The Labute approximate surface area is 139 Å². The Balaban J connectivity index is 1.82. The van der Waals surface area contributed by atoms with E-state index in [4.69, 9.17) is 14.9 Å². The van der Waals surface area contributed by atoms with E-state index in [0.717, 1.165) is 6.07 Å². The van der Waals surface area contributed by atoms with Crippen LogP contribution < -0.4 is 16.1 Å². The summed E-state index contributed by atoms with van der Waals surface area (Å²) in [7, 11) is 0. The molecule has 2 aromatic carbocycles. The minimum absolute atomic E-state index is 0.160. The number of nitrogens with two attached hydrogens (primary N) is 1. The van der Waals surface area contributed by atoms with Gasteiger partial charge in [0.15, 0.2) is 11.6 Å². The van der Waals surface area contributed by atoms with Crippen LogP contribution in [0.3, 0.4) is 0 Å². The van der Waals surface area contributed by atoms with E-state index in [1.54, 1.807) is 18.2 Å². The van der Waals surface area contributed by atoms with Crippen molar-refractivity contribution >= 4 is 11.0 Å². The van der Waals surface area contributed by atoms with Crippen LogP contribution in [0.5, 0.6) is 5.75 Å². The Bertz CT molecular complexity index is 1050. The van der Waals surface area contributed by atoms with Crippen molar-refractivity contribution in [2.24, 2.45) is 5.73 Å². The average Bonchev–Trinajstić information content (AvgIpc) is 2.58. The smallest absolute Gasteiger partial charge is 0.336 e. The molecule has 0 spiro atoms. The van der Waals surface area contributed by atoms with Crippen molar-refractivity contribution in [2.45, 2.75) is 18.6 Å². The molecule has 0 amide bonds. The molecule has 2 heterocycles. The third-order valence-electron chi connectivity index (χ3n) is 4.28. The van der Waals surface area contributed by atoms with Gasteiger partial charge in [-0.05, 0) is 30.7 Å². The van der Waals surface area contributed by atoms with Crippen LogP contribution in [0.4, 0.5) is 13.2 Å². The number of hydrogen-bond acceptors (Lipinski definition) is 4. The van der Waals surface area contributed by atoms with Crippen LogP contribution in [0.15, 0.2) is 45.6 Å². The number of fused-ring (bicyclic) bond motifs is 3. The van der Waals surface area contributed by atoms with Crippen LogP contribution in [-0.4, -0.2) is 6.04 Å². The molecule has 1 aromatic heterocycles. The van der Waals surface area contributed by atoms with E-state index < -0.39 is 35.2 Å². The molecule has 1 aliphatic rings. The molecule has 1 aliphatic heterocycles. The summed E-state index contributed by atoms with van der Waals surface area (Å²) >= 11 is 0. The monoisotopic (exact) mass is 347 g/mol. The number of hydrogen-bond donors (Lipinski definition) is 1. The summed E-state index contributed by atoms with van der Waals surface area (Å²) < 4.78 is 51.7. The summed E-state index contributed by atoms with van der Waals surface area (Å²) in [5.41, 5.74) is 6.35. The maximum Gasteiger partial charge on any atom is 0.336 e. The molecular formula is C18H12F3NO3. The van der Waals surface area contributed by atoms with E-state index in [-0.39, 0.29) is 12.0 Å². The quantitative estimate of drug-likeness (QED) is 0.542. The van der Waals surface area contributed by atoms with Crippen molar-refractivity contribution in [3.8, 4) is 5.75 Å². The normalized spacial score (nSPS) is 19.5. The largest absolute Gasteiger partial charge is 0.484 e. The van der Waals surface area contributed by atoms with Gasteiger partial charge in [0.05, 0.1) is 6.04 Å². The molecule has 0 saturated heterocycles. The molecule has 0 aliphatic carbocycles. The van der Waals surface area contributed by atoms with Crippen LogP contribution in [0.25, 0.3) is 11.0 Å². The lowest BCUT2D eigenvalue weighted by Crippen LogP contribution is -2.38. The highest BCUT2D eigenvalue weighted by Crippen LogP contribution is 2.38. The molecule has 0 bridgehead atoms. The molecule has 2 unspecified atom stereocenters. The fourth-order valence-electron chi connectivity index (χ4n) is 3.09. The van der Waals surface area contributed by atoms with Crippen molar-refractivity contribution in [3.05, 3.63) is 75.4 Å². The Morgan fingerprint density at radius 1 is 1.00 bits per heavy atom. The highest BCUT2D eigenvalue weighted by molar-refractivity contribution is 5.82. The van der Waals surface area contributed by atoms with Crippen molar-refractivity contribution in [2.75, 3.05) is 0 Å². The molecule has 4 nitrogen and oxygen atoms in total. The van der Waals surface area contributed by atoms with Crippen molar-refractivity contribution < 1.29 is 22.3 Å². The number of halogens is 3. The SMILES string of the molecule is NC1Cc2c(ccc3ccc(=O)oc23)OC1c1cc(F)c(F)cc1F. The molecule has 25 heavy (non-hydrogen) atoms. The van der Waals surface area contributed by atoms with Gasteiger partial charge in [-0.3, -0.25) is 0 Å². The predicted octanol–water partition coefficient (Wildman–Crippen LogP) is 3.21. The minimum Gasteiger partial charge on any atom is -0.484 e. The van der Waals surface area contributed by atoms with E-state index >= 15 is 0 Å². The van der Waals surface area contributed by atoms with Gasteiger partial charge < -0.3 is 14.9 Å². The molecular weight excluding hydrogens is 335 g/mol. The molecule has 128 valence electrons. The molecule has 0 saturated carbocycles. The summed E-state index contributed by atoms with van der Waals surface area (Å²) in [6, 6.07) is 6.74. The number of benzene rings is 2. The maximum atomic E-state index is 14.1. The van der Waals surface area contributed by atoms with Gasteiger partial charge in [0, 0.05) is 28.6 Å². The fraction of sp³-hybridized carbons (Fsp3) is 0.167. The van der Waals surface area contributed by atoms with Gasteiger partial charge in [-0.2, -0.15) is 0 Å². The van der Waals surface area contributed by atoms with Gasteiger partial charge in [-0.25, -0.2) is 18.0 Å². The van der Waals surface area contributed by atoms with E-state index in [0.29, 0.717) is 28.3 Å². The van der Waals surface area contributed by atoms with Crippen molar-refractivity contribution in [3.63, 3.8) is 0 Å². The lowest BCUT2D eigenvalue weighted by molar-refractivity contribution is 0.149. The Hall–Kier alpha value is -2.80. The van der Waals surface area contributed by atoms with Gasteiger partial charge in [-0.15, -0.1) is 0 Å². The van der Waals surface area contributed by atoms with Gasteiger partial charge in [0.1, 0.15) is 23.3 Å². The second kappa shape index (κ2) is 5.63. The highest BCUT2D eigenvalue weighted by Gasteiger charge is 2.33. The standard InChI is InChI=1S/C18H12F3NO3/c19-11-7-13(21)12(20)5-9(11)18-14(22)6-10-15(24-18)3-1-8-2-4-16(23)25-17(8)10/h1-5,7,14,18H,6,22H2.